The van der Waals surface area contributed by atoms with E-state index in [-0.39, 0.29) is 36.9 Å². The Bertz CT molecular complexity index is 1230. The van der Waals surface area contributed by atoms with Crippen molar-refractivity contribution >= 4 is 11.9 Å². The Balaban J connectivity index is 1.93. The lowest BCUT2D eigenvalue weighted by molar-refractivity contribution is -0.143. The standard InChI is InChI=1S/C29H31F3N2O3/c1-4-34(27(35)14-12-21-9-7-6-8-10-21)19-22-15-20(3)11-13-25(22)26-17-23(29(30,31)32)16-24(33-26)18-28(36)37-5-2/h6-11,13,15-17H,4-5,12,14,18-19H2,1-3H3. The summed E-state index contributed by atoms with van der Waals surface area (Å²) in [5.74, 6) is -0.690. The summed E-state index contributed by atoms with van der Waals surface area (Å²) < 4.78 is 46.0. The lowest BCUT2D eigenvalue weighted by atomic mass is 9.98. The van der Waals surface area contributed by atoms with Gasteiger partial charge in [-0.2, -0.15) is 13.2 Å². The zero-order valence-electron chi connectivity index (χ0n) is 21.3. The van der Waals surface area contributed by atoms with E-state index in [0.717, 1.165) is 23.3 Å². The third-order valence-electron chi connectivity index (χ3n) is 5.94. The van der Waals surface area contributed by atoms with Crippen LogP contribution in [-0.4, -0.2) is 34.9 Å². The van der Waals surface area contributed by atoms with Crippen molar-refractivity contribution < 1.29 is 27.5 Å². The first kappa shape index (κ1) is 27.9. The number of benzene rings is 2. The fourth-order valence-corrected chi connectivity index (χ4v) is 4.08. The molecule has 1 heterocycles. The van der Waals surface area contributed by atoms with E-state index in [4.69, 9.17) is 4.74 Å². The van der Waals surface area contributed by atoms with Crippen LogP contribution in [0.3, 0.4) is 0 Å². The Labute approximate surface area is 215 Å². The summed E-state index contributed by atoms with van der Waals surface area (Å²) >= 11 is 0. The molecule has 0 atom stereocenters. The highest BCUT2D eigenvalue weighted by atomic mass is 19.4. The molecule has 0 aliphatic heterocycles. The van der Waals surface area contributed by atoms with Gasteiger partial charge in [-0.25, -0.2) is 0 Å². The van der Waals surface area contributed by atoms with Gasteiger partial charge < -0.3 is 9.64 Å². The van der Waals surface area contributed by atoms with Gasteiger partial charge in [-0.3, -0.25) is 14.6 Å². The first-order chi connectivity index (χ1) is 17.6. The molecule has 0 N–H and O–H groups in total. The van der Waals surface area contributed by atoms with Gasteiger partial charge in [0.25, 0.3) is 0 Å². The topological polar surface area (TPSA) is 59.5 Å². The normalized spacial score (nSPS) is 11.3. The molecule has 1 amide bonds. The van der Waals surface area contributed by atoms with Gasteiger partial charge in [0.15, 0.2) is 0 Å². The van der Waals surface area contributed by atoms with Crippen LogP contribution in [-0.2, 0) is 39.9 Å². The predicted molar refractivity (Wildman–Crippen MR) is 136 cm³/mol. The van der Waals surface area contributed by atoms with Crippen LogP contribution in [0.5, 0.6) is 0 Å². The average Bonchev–Trinajstić information content (AvgIpc) is 2.86. The number of hydrogen-bond acceptors (Lipinski definition) is 4. The van der Waals surface area contributed by atoms with Gasteiger partial charge in [0.05, 0.1) is 30.0 Å². The Hall–Kier alpha value is -3.68. The highest BCUT2D eigenvalue weighted by molar-refractivity contribution is 5.77. The number of pyridine rings is 1. The molecule has 0 fully saturated rings. The van der Waals surface area contributed by atoms with Gasteiger partial charge in [-0.15, -0.1) is 0 Å². The van der Waals surface area contributed by atoms with E-state index in [1.807, 2.05) is 50.2 Å². The molecule has 0 unspecified atom stereocenters. The molecule has 0 radical (unpaired) electrons. The summed E-state index contributed by atoms with van der Waals surface area (Å²) in [6, 6.07) is 16.9. The number of aryl methyl sites for hydroxylation is 2. The van der Waals surface area contributed by atoms with Crippen LogP contribution < -0.4 is 0 Å². The summed E-state index contributed by atoms with van der Waals surface area (Å²) in [6.45, 7) is 6.18. The van der Waals surface area contributed by atoms with Crippen molar-refractivity contribution in [1.82, 2.24) is 9.88 Å². The number of nitrogens with zero attached hydrogens (tertiary/aromatic N) is 2. The average molecular weight is 513 g/mol. The van der Waals surface area contributed by atoms with Gasteiger partial charge in [0.2, 0.25) is 5.91 Å². The van der Waals surface area contributed by atoms with E-state index in [1.165, 1.54) is 0 Å². The first-order valence-electron chi connectivity index (χ1n) is 12.3. The fraction of sp³-hybridized carbons (Fsp3) is 0.345. The molecule has 0 aliphatic rings. The van der Waals surface area contributed by atoms with E-state index >= 15 is 0 Å². The number of carbonyl (C=O) groups is 2. The van der Waals surface area contributed by atoms with Crippen LogP contribution in [0.2, 0.25) is 0 Å². The second-order valence-corrected chi connectivity index (χ2v) is 8.77. The van der Waals surface area contributed by atoms with Crippen molar-refractivity contribution in [2.45, 2.75) is 52.8 Å². The summed E-state index contributed by atoms with van der Waals surface area (Å²) in [6.07, 6.45) is -4.06. The molecule has 0 saturated heterocycles. The molecule has 0 spiro atoms. The zero-order valence-corrected chi connectivity index (χ0v) is 21.3. The van der Waals surface area contributed by atoms with Crippen molar-refractivity contribution in [2.75, 3.05) is 13.2 Å². The maximum absolute atomic E-state index is 13.7. The number of halogens is 3. The van der Waals surface area contributed by atoms with Crippen LogP contribution in [0, 0.1) is 6.92 Å². The molecule has 8 heteroatoms. The minimum absolute atomic E-state index is 0.0268. The number of hydrogen-bond donors (Lipinski definition) is 0. The van der Waals surface area contributed by atoms with Crippen molar-refractivity contribution in [1.29, 1.82) is 0 Å². The Kier molecular flexibility index (Phi) is 9.44. The highest BCUT2D eigenvalue weighted by Gasteiger charge is 2.32. The van der Waals surface area contributed by atoms with Crippen LogP contribution in [0.25, 0.3) is 11.3 Å². The molecule has 3 aromatic rings. The molecule has 1 aromatic heterocycles. The minimum Gasteiger partial charge on any atom is -0.466 e. The minimum atomic E-state index is -4.62. The molecule has 3 rings (SSSR count). The maximum Gasteiger partial charge on any atom is 0.416 e. The molecular weight excluding hydrogens is 481 g/mol. The summed E-state index contributed by atoms with van der Waals surface area (Å²) in [4.78, 5) is 31.1. The summed E-state index contributed by atoms with van der Waals surface area (Å²) in [5, 5.41) is 0. The smallest absolute Gasteiger partial charge is 0.416 e. The Morgan fingerprint density at radius 3 is 2.38 bits per heavy atom. The molecule has 5 nitrogen and oxygen atoms in total. The summed E-state index contributed by atoms with van der Waals surface area (Å²) in [7, 11) is 0. The van der Waals surface area contributed by atoms with E-state index < -0.39 is 17.7 Å². The molecule has 196 valence electrons. The number of alkyl halides is 3. The lowest BCUT2D eigenvalue weighted by Crippen LogP contribution is -2.30. The van der Waals surface area contributed by atoms with E-state index in [9.17, 15) is 22.8 Å². The number of rotatable bonds is 10. The molecule has 0 saturated carbocycles. The van der Waals surface area contributed by atoms with Gasteiger partial charge in [0.1, 0.15) is 0 Å². The van der Waals surface area contributed by atoms with Crippen molar-refractivity contribution in [3.63, 3.8) is 0 Å². The van der Waals surface area contributed by atoms with Crippen LogP contribution in [0.1, 0.15) is 48.2 Å². The van der Waals surface area contributed by atoms with Crippen molar-refractivity contribution in [2.24, 2.45) is 0 Å². The number of carbonyl (C=O) groups excluding carboxylic acids is 2. The largest absolute Gasteiger partial charge is 0.466 e. The number of aromatic nitrogens is 1. The molecule has 0 bridgehead atoms. The first-order valence-corrected chi connectivity index (χ1v) is 12.3. The third-order valence-corrected chi connectivity index (χ3v) is 5.94. The fourth-order valence-electron chi connectivity index (χ4n) is 4.08. The van der Waals surface area contributed by atoms with E-state index in [0.29, 0.717) is 30.5 Å². The Morgan fingerprint density at radius 2 is 1.73 bits per heavy atom. The van der Waals surface area contributed by atoms with Gasteiger partial charge >= 0.3 is 12.1 Å². The van der Waals surface area contributed by atoms with E-state index in [1.54, 1.807) is 24.0 Å². The zero-order chi connectivity index (χ0) is 27.0. The third kappa shape index (κ3) is 7.90. The van der Waals surface area contributed by atoms with Gasteiger partial charge in [-0.05, 0) is 50.5 Å². The SMILES string of the molecule is CCOC(=O)Cc1cc(C(F)(F)F)cc(-c2ccc(C)cc2CN(CC)C(=O)CCc2ccccc2)n1. The maximum atomic E-state index is 13.7. The van der Waals surface area contributed by atoms with Crippen molar-refractivity contribution in [3.05, 3.63) is 88.6 Å². The second kappa shape index (κ2) is 12.5. The molecule has 37 heavy (non-hydrogen) atoms. The van der Waals surface area contributed by atoms with Crippen molar-refractivity contribution in [3.8, 4) is 11.3 Å². The van der Waals surface area contributed by atoms with Gasteiger partial charge in [0, 0.05) is 25.1 Å². The quantitative estimate of drug-likeness (QED) is 0.305. The monoisotopic (exact) mass is 512 g/mol. The molecule has 0 aliphatic carbocycles. The summed E-state index contributed by atoms with van der Waals surface area (Å²) in [5.41, 5.74) is 2.31. The second-order valence-electron chi connectivity index (χ2n) is 8.77. The van der Waals surface area contributed by atoms with Gasteiger partial charge in [-0.1, -0.05) is 54.1 Å². The number of esters is 1. The van der Waals surface area contributed by atoms with E-state index in [2.05, 4.69) is 4.98 Å². The predicted octanol–water partition coefficient (Wildman–Crippen LogP) is 6.16. The number of ether oxygens (including phenoxy) is 1. The lowest BCUT2D eigenvalue weighted by Gasteiger charge is -2.23. The number of amides is 1. The molecule has 2 aromatic carbocycles. The van der Waals surface area contributed by atoms with Crippen LogP contribution in [0.4, 0.5) is 13.2 Å². The Morgan fingerprint density at radius 1 is 1.00 bits per heavy atom. The highest BCUT2D eigenvalue weighted by Crippen LogP contribution is 2.34. The molecular formula is C29H31F3N2O3. The van der Waals surface area contributed by atoms with Crippen LogP contribution >= 0.6 is 0 Å². The van der Waals surface area contributed by atoms with Crippen LogP contribution in [0.15, 0.2) is 60.7 Å².